The number of aliphatic hydroxyl groups is 1. The first-order valence-corrected chi connectivity index (χ1v) is 5.98. The van der Waals surface area contributed by atoms with E-state index in [2.05, 4.69) is 12.2 Å². The summed E-state index contributed by atoms with van der Waals surface area (Å²) in [5.41, 5.74) is -0.645. The summed E-state index contributed by atoms with van der Waals surface area (Å²) in [6, 6.07) is 0.520. The van der Waals surface area contributed by atoms with Crippen LogP contribution in [0.5, 0.6) is 0 Å². The Morgan fingerprint density at radius 1 is 1.53 bits per heavy atom. The summed E-state index contributed by atoms with van der Waals surface area (Å²) in [5, 5.41) is 13.4. The molecule has 1 saturated carbocycles. The molecule has 90 valence electrons. The van der Waals surface area contributed by atoms with Crippen molar-refractivity contribution in [3.63, 3.8) is 0 Å². The van der Waals surface area contributed by atoms with Crippen LogP contribution in [0, 0.1) is 5.92 Å². The molecule has 0 aromatic rings. The number of nitrogens with one attached hydrogen (secondary N) is 1. The Morgan fingerprint density at radius 2 is 2.20 bits per heavy atom. The molecule has 1 aliphatic carbocycles. The Balaban J connectivity index is 2.09. The van der Waals surface area contributed by atoms with E-state index in [1.165, 1.54) is 19.3 Å². The summed E-state index contributed by atoms with van der Waals surface area (Å²) in [4.78, 5) is 0. The van der Waals surface area contributed by atoms with Gasteiger partial charge in [-0.2, -0.15) is 0 Å². The fourth-order valence-corrected chi connectivity index (χ4v) is 1.74. The van der Waals surface area contributed by atoms with Crippen LogP contribution in [0.2, 0.25) is 0 Å². The lowest BCUT2D eigenvalue weighted by Gasteiger charge is -2.25. The number of methoxy groups -OCH3 is 1. The van der Waals surface area contributed by atoms with Crippen LogP contribution in [-0.2, 0) is 4.74 Å². The lowest BCUT2D eigenvalue weighted by molar-refractivity contribution is 0.0228. The van der Waals surface area contributed by atoms with E-state index in [-0.39, 0.29) is 0 Å². The minimum absolute atomic E-state index is 0.520. The maximum Gasteiger partial charge on any atom is 0.0765 e. The molecule has 1 fully saturated rings. The van der Waals surface area contributed by atoms with Gasteiger partial charge in [-0.1, -0.05) is 12.8 Å². The fourth-order valence-electron chi connectivity index (χ4n) is 1.74. The first-order chi connectivity index (χ1) is 7.03. The molecule has 1 rings (SSSR count). The quantitative estimate of drug-likeness (QED) is 0.645. The zero-order valence-electron chi connectivity index (χ0n) is 10.3. The molecule has 15 heavy (non-hydrogen) atoms. The van der Waals surface area contributed by atoms with E-state index < -0.39 is 5.60 Å². The smallest absolute Gasteiger partial charge is 0.0765 e. The van der Waals surface area contributed by atoms with Crippen molar-refractivity contribution in [2.24, 2.45) is 5.92 Å². The number of hydrogen-bond donors (Lipinski definition) is 2. The van der Waals surface area contributed by atoms with Gasteiger partial charge in [0.25, 0.3) is 0 Å². The van der Waals surface area contributed by atoms with E-state index in [9.17, 15) is 5.11 Å². The monoisotopic (exact) mass is 215 g/mol. The summed E-state index contributed by atoms with van der Waals surface area (Å²) >= 11 is 0. The van der Waals surface area contributed by atoms with Gasteiger partial charge in [0.15, 0.2) is 0 Å². The zero-order chi connectivity index (χ0) is 11.3. The molecular weight excluding hydrogens is 190 g/mol. The molecule has 2 N–H and O–H groups in total. The van der Waals surface area contributed by atoms with Gasteiger partial charge >= 0.3 is 0 Å². The van der Waals surface area contributed by atoms with Crippen molar-refractivity contribution in [3.05, 3.63) is 0 Å². The van der Waals surface area contributed by atoms with Crippen LogP contribution in [0.15, 0.2) is 0 Å². The molecule has 2 unspecified atom stereocenters. The van der Waals surface area contributed by atoms with E-state index >= 15 is 0 Å². The van der Waals surface area contributed by atoms with Crippen LogP contribution in [0.1, 0.15) is 39.5 Å². The lowest BCUT2D eigenvalue weighted by atomic mass is 10.0. The van der Waals surface area contributed by atoms with E-state index in [0.717, 1.165) is 5.92 Å². The summed E-state index contributed by atoms with van der Waals surface area (Å²) in [7, 11) is 1.67. The minimum atomic E-state index is -0.645. The molecular formula is C12H25NO2. The van der Waals surface area contributed by atoms with Gasteiger partial charge in [-0.05, 0) is 26.2 Å². The summed E-state index contributed by atoms with van der Waals surface area (Å²) in [6.07, 6.45) is 4.73. The first-order valence-electron chi connectivity index (χ1n) is 5.98. The largest absolute Gasteiger partial charge is 0.389 e. The van der Waals surface area contributed by atoms with Gasteiger partial charge in [0.1, 0.15) is 0 Å². The van der Waals surface area contributed by atoms with Crippen molar-refractivity contribution in [1.29, 1.82) is 0 Å². The second kappa shape index (κ2) is 5.83. The molecule has 0 heterocycles. The highest BCUT2D eigenvalue weighted by molar-refractivity contribution is 4.81. The van der Waals surface area contributed by atoms with Crippen LogP contribution in [0.4, 0.5) is 0 Å². The van der Waals surface area contributed by atoms with Crippen LogP contribution in [0.25, 0.3) is 0 Å². The highest BCUT2D eigenvalue weighted by atomic mass is 16.5. The fraction of sp³-hybridized carbons (Fsp3) is 1.00. The molecule has 0 aromatic heterocycles. The van der Waals surface area contributed by atoms with Gasteiger partial charge < -0.3 is 15.2 Å². The van der Waals surface area contributed by atoms with Crippen LogP contribution >= 0.6 is 0 Å². The Morgan fingerprint density at radius 3 is 2.73 bits per heavy atom. The summed E-state index contributed by atoms with van der Waals surface area (Å²) < 4.78 is 4.97. The first kappa shape index (κ1) is 12.9. The van der Waals surface area contributed by atoms with E-state index in [0.29, 0.717) is 25.6 Å². The lowest BCUT2D eigenvalue weighted by Crippen LogP contribution is -2.42. The predicted octanol–water partition coefficient (Wildman–Crippen LogP) is 1.55. The van der Waals surface area contributed by atoms with Gasteiger partial charge in [0, 0.05) is 32.7 Å². The maximum absolute atomic E-state index is 10.0. The average molecular weight is 215 g/mol. The Labute approximate surface area is 93.2 Å². The molecule has 2 atom stereocenters. The topological polar surface area (TPSA) is 41.5 Å². The minimum Gasteiger partial charge on any atom is -0.389 e. The molecule has 0 bridgehead atoms. The molecule has 3 heteroatoms. The maximum atomic E-state index is 10.0. The summed E-state index contributed by atoms with van der Waals surface area (Å²) in [6.45, 7) is 5.34. The SMILES string of the molecule is COCCC(C)(O)CNC(C)CC1CC1. The van der Waals surface area contributed by atoms with Gasteiger partial charge in [-0.25, -0.2) is 0 Å². The Kier molecular flexibility index (Phi) is 5.03. The highest BCUT2D eigenvalue weighted by Gasteiger charge is 2.25. The van der Waals surface area contributed by atoms with Crippen molar-refractivity contribution < 1.29 is 9.84 Å². The molecule has 0 saturated heterocycles. The number of rotatable bonds is 8. The normalized spacial score (nSPS) is 22.4. The molecule has 0 amide bonds. The second-order valence-electron chi connectivity index (χ2n) is 5.20. The standard InChI is InChI=1S/C12H25NO2/c1-10(8-11-4-5-11)13-9-12(2,14)6-7-15-3/h10-11,13-14H,4-9H2,1-3H3. The number of ether oxygens (including phenoxy) is 1. The molecule has 0 radical (unpaired) electrons. The second-order valence-corrected chi connectivity index (χ2v) is 5.20. The molecule has 0 aromatic carbocycles. The highest BCUT2D eigenvalue weighted by Crippen LogP contribution is 2.33. The van der Waals surface area contributed by atoms with Gasteiger partial charge in [-0.3, -0.25) is 0 Å². The molecule has 3 nitrogen and oxygen atoms in total. The molecule has 0 aliphatic heterocycles. The van der Waals surface area contributed by atoms with Crippen molar-refractivity contribution in [1.82, 2.24) is 5.32 Å². The third-order valence-corrected chi connectivity index (χ3v) is 3.06. The van der Waals surface area contributed by atoms with E-state index in [1.54, 1.807) is 7.11 Å². The number of hydrogen-bond acceptors (Lipinski definition) is 3. The molecule has 1 aliphatic rings. The van der Waals surface area contributed by atoms with Crippen LogP contribution in [-0.4, -0.2) is 37.0 Å². The average Bonchev–Trinajstić information content (AvgIpc) is 2.96. The van der Waals surface area contributed by atoms with Crippen LogP contribution in [0.3, 0.4) is 0 Å². The summed E-state index contributed by atoms with van der Waals surface area (Å²) in [5.74, 6) is 0.941. The third-order valence-electron chi connectivity index (χ3n) is 3.06. The van der Waals surface area contributed by atoms with Gasteiger partial charge in [-0.15, -0.1) is 0 Å². The van der Waals surface area contributed by atoms with Crippen molar-refractivity contribution in [3.8, 4) is 0 Å². The van der Waals surface area contributed by atoms with Crippen molar-refractivity contribution in [2.45, 2.75) is 51.2 Å². The van der Waals surface area contributed by atoms with Gasteiger partial charge in [0.05, 0.1) is 5.60 Å². The van der Waals surface area contributed by atoms with Crippen molar-refractivity contribution >= 4 is 0 Å². The van der Waals surface area contributed by atoms with E-state index in [4.69, 9.17) is 4.74 Å². The zero-order valence-corrected chi connectivity index (χ0v) is 10.3. The Bertz CT molecular complexity index is 178. The third kappa shape index (κ3) is 6.13. The van der Waals surface area contributed by atoms with Crippen LogP contribution < -0.4 is 5.32 Å². The Hall–Kier alpha value is -0.120. The van der Waals surface area contributed by atoms with Gasteiger partial charge in [0.2, 0.25) is 0 Å². The molecule has 0 spiro atoms. The van der Waals surface area contributed by atoms with E-state index in [1.807, 2.05) is 6.92 Å². The predicted molar refractivity (Wildman–Crippen MR) is 61.9 cm³/mol. The van der Waals surface area contributed by atoms with Crippen molar-refractivity contribution in [2.75, 3.05) is 20.3 Å².